The summed E-state index contributed by atoms with van der Waals surface area (Å²) in [5, 5.41) is 9.54. The summed E-state index contributed by atoms with van der Waals surface area (Å²) in [6, 6.07) is 3.44. The number of aliphatic hydroxyl groups excluding tert-OH is 1. The van der Waals surface area contributed by atoms with Crippen LogP contribution in [0.1, 0.15) is 0 Å². The van der Waals surface area contributed by atoms with Crippen LogP contribution in [-0.4, -0.2) is 47.5 Å². The number of H-pyrrole nitrogens is 1. The van der Waals surface area contributed by atoms with Crippen molar-refractivity contribution in [3.63, 3.8) is 0 Å². The van der Waals surface area contributed by atoms with E-state index in [0.29, 0.717) is 24.1 Å². The minimum Gasteiger partial charge on any atom is -0.396 e. The summed E-state index contributed by atoms with van der Waals surface area (Å²) in [6.45, 7) is 0.791. The molecule has 96 valence electrons. The second-order valence-electron chi connectivity index (χ2n) is 4.42. The molecule has 1 fully saturated rings. The number of sulfonamides is 1. The van der Waals surface area contributed by atoms with Crippen LogP contribution in [0, 0.1) is 5.92 Å². The second-order valence-corrected chi connectivity index (χ2v) is 6.33. The second kappa shape index (κ2) is 4.04. The minimum atomic E-state index is -3.48. The Morgan fingerprint density at radius 2 is 2.28 bits per heavy atom. The highest BCUT2D eigenvalue weighted by Gasteiger charge is 2.37. The topological polar surface area (TPSA) is 86.3 Å². The lowest BCUT2D eigenvalue weighted by Gasteiger charge is -2.36. The summed E-state index contributed by atoms with van der Waals surface area (Å²) in [6.07, 6.45) is 3.08. The van der Waals surface area contributed by atoms with E-state index in [1.165, 1.54) is 10.5 Å². The molecule has 6 nitrogen and oxygen atoms in total. The van der Waals surface area contributed by atoms with E-state index in [4.69, 9.17) is 5.11 Å². The highest BCUT2D eigenvalue weighted by atomic mass is 32.2. The normalized spacial score (nSPS) is 18.1. The van der Waals surface area contributed by atoms with Crippen LogP contribution in [0.2, 0.25) is 0 Å². The summed E-state index contributed by atoms with van der Waals surface area (Å²) < 4.78 is 26.1. The molecular formula is C11H13N3O3S. The van der Waals surface area contributed by atoms with E-state index < -0.39 is 10.0 Å². The van der Waals surface area contributed by atoms with Crippen LogP contribution < -0.4 is 0 Å². The third-order valence-electron chi connectivity index (χ3n) is 3.21. The number of aromatic nitrogens is 2. The third kappa shape index (κ3) is 1.63. The van der Waals surface area contributed by atoms with Gasteiger partial charge in [-0.3, -0.25) is 0 Å². The Labute approximate surface area is 104 Å². The van der Waals surface area contributed by atoms with Gasteiger partial charge in [0.1, 0.15) is 10.5 Å². The molecule has 0 amide bonds. The fraction of sp³-hybridized carbons (Fsp3) is 0.364. The summed E-state index contributed by atoms with van der Waals surface area (Å²) in [5.74, 6) is 0.0584. The van der Waals surface area contributed by atoms with Crippen LogP contribution in [0.5, 0.6) is 0 Å². The molecule has 7 heteroatoms. The molecular weight excluding hydrogens is 254 g/mol. The molecule has 0 saturated carbocycles. The quantitative estimate of drug-likeness (QED) is 0.830. The molecule has 3 rings (SSSR count). The van der Waals surface area contributed by atoms with Crippen LogP contribution in [0.25, 0.3) is 11.0 Å². The Balaban J connectivity index is 1.99. The fourth-order valence-electron chi connectivity index (χ4n) is 2.12. The van der Waals surface area contributed by atoms with Crippen LogP contribution in [0.4, 0.5) is 0 Å². The van der Waals surface area contributed by atoms with Gasteiger partial charge in [-0.2, -0.15) is 4.31 Å². The zero-order valence-corrected chi connectivity index (χ0v) is 10.4. The Morgan fingerprint density at radius 3 is 3.00 bits per heavy atom. The van der Waals surface area contributed by atoms with E-state index in [9.17, 15) is 8.42 Å². The van der Waals surface area contributed by atoms with Crippen molar-refractivity contribution in [3.8, 4) is 0 Å². The Hall–Kier alpha value is -1.44. The number of nitrogens with one attached hydrogen (secondary N) is 1. The number of pyridine rings is 1. The maximum atomic E-state index is 12.3. The van der Waals surface area contributed by atoms with Crippen LogP contribution in [0.15, 0.2) is 29.4 Å². The maximum absolute atomic E-state index is 12.3. The number of aromatic amines is 1. The van der Waals surface area contributed by atoms with E-state index in [1.54, 1.807) is 18.3 Å². The average Bonchev–Trinajstić information content (AvgIpc) is 2.71. The summed E-state index contributed by atoms with van der Waals surface area (Å²) in [5.41, 5.74) is 0.565. The predicted octanol–water partition coefficient (Wildman–Crippen LogP) is 0.176. The van der Waals surface area contributed by atoms with E-state index in [1.807, 2.05) is 0 Å². The first-order valence-electron chi connectivity index (χ1n) is 5.66. The van der Waals surface area contributed by atoms with Gasteiger partial charge in [-0.25, -0.2) is 13.4 Å². The highest BCUT2D eigenvalue weighted by molar-refractivity contribution is 7.89. The molecule has 1 aliphatic heterocycles. The minimum absolute atomic E-state index is 0.0292. The van der Waals surface area contributed by atoms with Gasteiger partial charge in [0.05, 0.1) is 0 Å². The molecule has 2 aromatic rings. The molecule has 0 aromatic carbocycles. The molecule has 1 aliphatic rings. The Bertz CT molecular complexity index is 674. The molecule has 1 saturated heterocycles. The van der Waals surface area contributed by atoms with Gasteiger partial charge in [0.25, 0.3) is 0 Å². The van der Waals surface area contributed by atoms with Gasteiger partial charge in [0.2, 0.25) is 10.0 Å². The van der Waals surface area contributed by atoms with Gasteiger partial charge in [-0.15, -0.1) is 0 Å². The van der Waals surface area contributed by atoms with E-state index >= 15 is 0 Å². The summed E-state index contributed by atoms with van der Waals surface area (Å²) >= 11 is 0. The average molecular weight is 267 g/mol. The zero-order chi connectivity index (χ0) is 12.8. The van der Waals surface area contributed by atoms with Crippen molar-refractivity contribution in [2.24, 2.45) is 5.92 Å². The molecule has 18 heavy (non-hydrogen) atoms. The third-order valence-corrected chi connectivity index (χ3v) is 5.08. The van der Waals surface area contributed by atoms with Gasteiger partial charge in [0, 0.05) is 43.4 Å². The Morgan fingerprint density at radius 1 is 1.50 bits per heavy atom. The summed E-state index contributed by atoms with van der Waals surface area (Å²) in [7, 11) is -3.48. The van der Waals surface area contributed by atoms with Gasteiger partial charge in [-0.05, 0) is 12.1 Å². The van der Waals surface area contributed by atoms with Gasteiger partial charge in [-0.1, -0.05) is 0 Å². The van der Waals surface area contributed by atoms with Crippen molar-refractivity contribution in [1.82, 2.24) is 14.3 Å². The van der Waals surface area contributed by atoms with E-state index in [2.05, 4.69) is 9.97 Å². The first-order valence-corrected chi connectivity index (χ1v) is 7.10. The van der Waals surface area contributed by atoms with Crippen molar-refractivity contribution in [1.29, 1.82) is 0 Å². The first kappa shape index (κ1) is 11.6. The fourth-order valence-corrected chi connectivity index (χ4v) is 3.86. The van der Waals surface area contributed by atoms with Crippen molar-refractivity contribution in [3.05, 3.63) is 24.5 Å². The van der Waals surface area contributed by atoms with Gasteiger partial charge >= 0.3 is 0 Å². The number of nitrogens with zero attached hydrogens (tertiary/aromatic N) is 2. The molecule has 0 spiro atoms. The lowest BCUT2D eigenvalue weighted by atomic mass is 10.1. The molecule has 0 aliphatic carbocycles. The molecule has 3 heterocycles. The monoisotopic (exact) mass is 267 g/mol. The Kier molecular flexibility index (Phi) is 2.61. The largest absolute Gasteiger partial charge is 0.396 e. The standard InChI is InChI=1S/C11H13N3O3S/c15-7-8-5-14(6-8)18(16,17)10-4-13-11-9(10)2-1-3-12-11/h1-4,8,15H,5-7H2,(H,12,13). The first-order chi connectivity index (χ1) is 8.63. The van der Waals surface area contributed by atoms with Crippen LogP contribution in [0.3, 0.4) is 0 Å². The van der Waals surface area contributed by atoms with Crippen molar-refractivity contribution >= 4 is 21.1 Å². The number of hydrogen-bond acceptors (Lipinski definition) is 4. The molecule has 0 atom stereocenters. The molecule has 0 radical (unpaired) electrons. The lowest BCUT2D eigenvalue weighted by molar-refractivity contribution is 0.117. The van der Waals surface area contributed by atoms with Crippen molar-refractivity contribution in [2.75, 3.05) is 19.7 Å². The highest BCUT2D eigenvalue weighted by Crippen LogP contribution is 2.28. The maximum Gasteiger partial charge on any atom is 0.245 e. The van der Waals surface area contributed by atoms with E-state index in [0.717, 1.165) is 0 Å². The number of hydrogen-bond donors (Lipinski definition) is 2. The van der Waals surface area contributed by atoms with Crippen LogP contribution >= 0.6 is 0 Å². The van der Waals surface area contributed by atoms with Crippen molar-refractivity contribution < 1.29 is 13.5 Å². The molecule has 0 unspecified atom stereocenters. The number of fused-ring (bicyclic) bond motifs is 1. The lowest BCUT2D eigenvalue weighted by Crippen LogP contribution is -2.51. The molecule has 0 bridgehead atoms. The SMILES string of the molecule is O=S(=O)(c1c[nH]c2ncccc12)N1CC(CO)C1. The zero-order valence-electron chi connectivity index (χ0n) is 9.57. The molecule has 2 N–H and O–H groups in total. The van der Waals surface area contributed by atoms with Gasteiger partial charge < -0.3 is 10.1 Å². The molecule has 2 aromatic heterocycles. The summed E-state index contributed by atoms with van der Waals surface area (Å²) in [4.78, 5) is 7.18. The predicted molar refractivity (Wildman–Crippen MR) is 65.4 cm³/mol. The van der Waals surface area contributed by atoms with Crippen LogP contribution in [-0.2, 0) is 10.0 Å². The smallest absolute Gasteiger partial charge is 0.245 e. The van der Waals surface area contributed by atoms with Gasteiger partial charge in [0.15, 0.2) is 0 Å². The van der Waals surface area contributed by atoms with E-state index in [-0.39, 0.29) is 17.4 Å². The number of rotatable bonds is 3. The number of aliphatic hydroxyl groups is 1. The van der Waals surface area contributed by atoms with Crippen molar-refractivity contribution in [2.45, 2.75) is 4.90 Å².